The van der Waals surface area contributed by atoms with Gasteiger partial charge in [-0.05, 0) is 54.3 Å². The van der Waals surface area contributed by atoms with Crippen molar-refractivity contribution in [2.24, 2.45) is 0 Å². The SMILES string of the molecule is CS(=O)(=O)N1CCc2cc(C(=O)NCCc3cc(F)cc4c3OCOC4)ccc21. The quantitative estimate of drug-likeness (QED) is 0.800. The van der Waals surface area contributed by atoms with Crippen LogP contribution in [0.25, 0.3) is 0 Å². The number of anilines is 1. The molecule has 2 aromatic carbocycles. The molecular weight excluding hydrogens is 399 g/mol. The van der Waals surface area contributed by atoms with E-state index in [1.807, 2.05) is 0 Å². The molecule has 0 fully saturated rings. The number of hydrogen-bond acceptors (Lipinski definition) is 5. The number of fused-ring (bicyclic) bond motifs is 2. The highest BCUT2D eigenvalue weighted by Gasteiger charge is 2.26. The number of rotatable bonds is 5. The van der Waals surface area contributed by atoms with Gasteiger partial charge in [0.05, 0.1) is 18.6 Å². The summed E-state index contributed by atoms with van der Waals surface area (Å²) >= 11 is 0. The maximum atomic E-state index is 13.8. The minimum absolute atomic E-state index is 0.123. The Kier molecular flexibility index (Phi) is 5.18. The van der Waals surface area contributed by atoms with E-state index in [4.69, 9.17) is 9.47 Å². The Balaban J connectivity index is 1.42. The second-order valence-corrected chi connectivity index (χ2v) is 9.01. The maximum absolute atomic E-state index is 13.8. The van der Waals surface area contributed by atoms with E-state index >= 15 is 0 Å². The minimum atomic E-state index is -3.32. The highest BCUT2D eigenvalue weighted by molar-refractivity contribution is 7.92. The lowest BCUT2D eigenvalue weighted by Gasteiger charge is -2.21. The van der Waals surface area contributed by atoms with Gasteiger partial charge in [-0.15, -0.1) is 0 Å². The Morgan fingerprint density at radius 3 is 2.86 bits per heavy atom. The average molecular weight is 420 g/mol. The van der Waals surface area contributed by atoms with E-state index in [1.54, 1.807) is 18.2 Å². The number of carbonyl (C=O) groups excluding carboxylic acids is 1. The first-order valence-electron chi connectivity index (χ1n) is 9.23. The number of benzene rings is 2. The number of halogens is 1. The van der Waals surface area contributed by atoms with Crippen LogP contribution in [0.1, 0.15) is 27.0 Å². The fourth-order valence-electron chi connectivity index (χ4n) is 3.71. The van der Waals surface area contributed by atoms with Crippen LogP contribution in [0.2, 0.25) is 0 Å². The highest BCUT2D eigenvalue weighted by atomic mass is 32.2. The zero-order chi connectivity index (χ0) is 20.6. The number of sulfonamides is 1. The zero-order valence-corrected chi connectivity index (χ0v) is 16.7. The van der Waals surface area contributed by atoms with E-state index in [-0.39, 0.29) is 18.5 Å². The molecule has 2 aliphatic heterocycles. The maximum Gasteiger partial charge on any atom is 0.251 e. The van der Waals surface area contributed by atoms with Crippen LogP contribution in [0.4, 0.5) is 10.1 Å². The molecule has 0 aliphatic carbocycles. The van der Waals surface area contributed by atoms with Gasteiger partial charge >= 0.3 is 0 Å². The Morgan fingerprint density at radius 2 is 2.07 bits per heavy atom. The lowest BCUT2D eigenvalue weighted by atomic mass is 10.0. The molecule has 0 saturated carbocycles. The van der Waals surface area contributed by atoms with Crippen LogP contribution in [0, 0.1) is 5.82 Å². The molecule has 7 nitrogen and oxygen atoms in total. The van der Waals surface area contributed by atoms with Crippen molar-refractivity contribution in [2.75, 3.05) is 30.4 Å². The summed E-state index contributed by atoms with van der Waals surface area (Å²) < 4.78 is 49.4. The smallest absolute Gasteiger partial charge is 0.251 e. The fraction of sp³-hybridized carbons (Fsp3) is 0.350. The topological polar surface area (TPSA) is 84.9 Å². The summed E-state index contributed by atoms with van der Waals surface area (Å²) in [6.07, 6.45) is 2.15. The van der Waals surface area contributed by atoms with Crippen LogP contribution in [0.5, 0.6) is 5.75 Å². The summed E-state index contributed by atoms with van der Waals surface area (Å²) in [5.74, 6) is -0.0151. The predicted octanol–water partition coefficient (Wildman–Crippen LogP) is 1.99. The van der Waals surface area contributed by atoms with Gasteiger partial charge in [0.2, 0.25) is 10.0 Å². The molecule has 4 rings (SSSR count). The monoisotopic (exact) mass is 420 g/mol. The third-order valence-electron chi connectivity index (χ3n) is 5.03. The zero-order valence-electron chi connectivity index (χ0n) is 15.9. The van der Waals surface area contributed by atoms with Crippen molar-refractivity contribution in [1.29, 1.82) is 0 Å². The average Bonchev–Trinajstić information content (AvgIpc) is 3.11. The molecule has 0 spiro atoms. The van der Waals surface area contributed by atoms with Crippen molar-refractivity contribution < 1.29 is 27.1 Å². The first-order valence-corrected chi connectivity index (χ1v) is 11.1. The summed E-state index contributed by atoms with van der Waals surface area (Å²) in [4.78, 5) is 12.5. The number of nitrogens with one attached hydrogen (secondary N) is 1. The van der Waals surface area contributed by atoms with Crippen LogP contribution in [0.3, 0.4) is 0 Å². The lowest BCUT2D eigenvalue weighted by molar-refractivity contribution is -0.0172. The lowest BCUT2D eigenvalue weighted by Crippen LogP contribution is -2.27. The van der Waals surface area contributed by atoms with Crippen molar-refractivity contribution in [3.8, 4) is 5.75 Å². The van der Waals surface area contributed by atoms with Crippen LogP contribution in [-0.4, -0.2) is 40.5 Å². The molecule has 2 aliphatic rings. The Morgan fingerprint density at radius 1 is 1.24 bits per heavy atom. The van der Waals surface area contributed by atoms with Crippen molar-refractivity contribution in [2.45, 2.75) is 19.4 Å². The Labute approximate surface area is 168 Å². The molecule has 0 unspecified atom stereocenters. The molecule has 2 heterocycles. The van der Waals surface area contributed by atoms with E-state index in [9.17, 15) is 17.6 Å². The van der Waals surface area contributed by atoms with E-state index in [2.05, 4.69) is 5.32 Å². The standard InChI is InChI=1S/C20H21FN2O5S/c1-29(25,26)23-7-5-13-8-15(2-3-18(13)23)20(24)22-6-4-14-9-17(21)10-16-11-27-12-28-19(14)16/h2-3,8-10H,4-7,11-12H2,1H3,(H,22,24). The van der Waals surface area contributed by atoms with Crippen LogP contribution >= 0.6 is 0 Å². The number of ether oxygens (including phenoxy) is 2. The number of hydrogen-bond donors (Lipinski definition) is 1. The molecule has 29 heavy (non-hydrogen) atoms. The third kappa shape index (κ3) is 4.06. The van der Waals surface area contributed by atoms with Gasteiger partial charge in [-0.25, -0.2) is 12.8 Å². The normalized spacial score (nSPS) is 15.4. The minimum Gasteiger partial charge on any atom is -0.467 e. The molecule has 2 aromatic rings. The molecule has 0 radical (unpaired) electrons. The van der Waals surface area contributed by atoms with Gasteiger partial charge in [-0.2, -0.15) is 0 Å². The van der Waals surface area contributed by atoms with Crippen molar-refractivity contribution in [3.63, 3.8) is 0 Å². The van der Waals surface area contributed by atoms with Gasteiger partial charge in [0.25, 0.3) is 5.91 Å². The Bertz CT molecular complexity index is 1070. The van der Waals surface area contributed by atoms with Crippen molar-refractivity contribution in [1.82, 2.24) is 5.32 Å². The first kappa shape index (κ1) is 19.7. The Hall–Kier alpha value is -2.65. The van der Waals surface area contributed by atoms with E-state index in [0.717, 1.165) is 5.56 Å². The first-order chi connectivity index (χ1) is 13.8. The number of nitrogens with zero attached hydrogens (tertiary/aromatic N) is 1. The van der Waals surface area contributed by atoms with E-state index in [1.165, 1.54) is 22.7 Å². The largest absolute Gasteiger partial charge is 0.467 e. The molecule has 0 atom stereocenters. The van der Waals surface area contributed by atoms with Gasteiger partial charge in [-0.3, -0.25) is 9.10 Å². The molecule has 154 valence electrons. The second-order valence-electron chi connectivity index (χ2n) is 7.10. The van der Waals surface area contributed by atoms with Crippen LogP contribution in [-0.2, 0) is 34.2 Å². The van der Waals surface area contributed by atoms with E-state index in [0.29, 0.717) is 60.7 Å². The molecule has 1 N–H and O–H groups in total. The highest BCUT2D eigenvalue weighted by Crippen LogP contribution is 2.31. The van der Waals surface area contributed by atoms with Gasteiger partial charge in [0.15, 0.2) is 6.79 Å². The van der Waals surface area contributed by atoms with Gasteiger partial charge in [-0.1, -0.05) is 0 Å². The van der Waals surface area contributed by atoms with Gasteiger partial charge in [0, 0.05) is 24.2 Å². The molecule has 0 saturated heterocycles. The third-order valence-corrected chi connectivity index (χ3v) is 6.21. The van der Waals surface area contributed by atoms with E-state index < -0.39 is 10.0 Å². The summed E-state index contributed by atoms with van der Waals surface area (Å²) in [5.41, 5.74) is 3.25. The number of carbonyl (C=O) groups is 1. The van der Waals surface area contributed by atoms with Crippen molar-refractivity contribution in [3.05, 3.63) is 58.4 Å². The van der Waals surface area contributed by atoms with Crippen LogP contribution in [0.15, 0.2) is 30.3 Å². The summed E-state index contributed by atoms with van der Waals surface area (Å²) in [7, 11) is -3.32. The molecule has 0 aromatic heterocycles. The molecule has 1 amide bonds. The van der Waals surface area contributed by atoms with Crippen molar-refractivity contribution >= 4 is 21.6 Å². The summed E-state index contributed by atoms with van der Waals surface area (Å²) in [5, 5.41) is 2.83. The summed E-state index contributed by atoms with van der Waals surface area (Å²) in [6, 6.07) is 7.80. The summed E-state index contributed by atoms with van der Waals surface area (Å²) in [6.45, 7) is 1.11. The number of amides is 1. The molecule has 9 heteroatoms. The predicted molar refractivity (Wildman–Crippen MR) is 105 cm³/mol. The fourth-order valence-corrected chi connectivity index (χ4v) is 4.67. The van der Waals surface area contributed by atoms with Gasteiger partial charge in [0.1, 0.15) is 11.6 Å². The van der Waals surface area contributed by atoms with Crippen LogP contribution < -0.4 is 14.4 Å². The second kappa shape index (κ2) is 7.64. The van der Waals surface area contributed by atoms with Gasteiger partial charge < -0.3 is 14.8 Å². The molecular formula is C20H21FN2O5S. The molecule has 0 bridgehead atoms.